The average molecular weight is 137 g/mol. The quantitative estimate of drug-likeness (QED) is 0.344. The Morgan fingerprint density at radius 1 is 1.88 bits per heavy atom. The molecule has 0 radical (unpaired) electrons. The number of halogens is 1. The fourth-order valence-electron chi connectivity index (χ4n) is 0.135. The van der Waals surface area contributed by atoms with Gasteiger partial charge in [0.15, 0.2) is 0 Å². The molecule has 0 fully saturated rings. The van der Waals surface area contributed by atoms with Crippen LogP contribution in [0.5, 0.6) is 0 Å². The second kappa shape index (κ2) is 6.56. The minimum atomic E-state index is -0.0648. The molecule has 0 rings (SSSR count). The van der Waals surface area contributed by atoms with Crippen molar-refractivity contribution >= 4 is 12.4 Å². The molecule has 0 saturated heterocycles. The maximum Gasteiger partial charge on any atom is 0.0468 e. The van der Waals surface area contributed by atoms with E-state index in [-0.39, 0.29) is 18.4 Å². The van der Waals surface area contributed by atoms with Crippen LogP contribution in [0.25, 0.3) is 10.4 Å². The lowest BCUT2D eigenvalue weighted by atomic mass is 10.4. The number of nitrogens with two attached hydrogens (primary N) is 1. The molecule has 0 aromatic carbocycles. The van der Waals surface area contributed by atoms with Gasteiger partial charge in [-0.1, -0.05) is 12.0 Å². The van der Waals surface area contributed by atoms with E-state index in [9.17, 15) is 0 Å². The van der Waals surface area contributed by atoms with E-state index in [1.807, 2.05) is 0 Å². The Bertz CT molecular complexity index is 87.3. The van der Waals surface area contributed by atoms with Gasteiger partial charge in [-0.15, -0.1) is 12.4 Å². The summed E-state index contributed by atoms with van der Waals surface area (Å²) in [4.78, 5) is 2.55. The molecule has 5 heteroatoms. The van der Waals surface area contributed by atoms with Crippen molar-refractivity contribution in [3.05, 3.63) is 10.4 Å². The highest BCUT2D eigenvalue weighted by Gasteiger charge is 1.88. The summed E-state index contributed by atoms with van der Waals surface area (Å²) in [6.45, 7) is 2.18. The number of azide groups is 1. The predicted octanol–water partition coefficient (Wildman–Crippen LogP) is 1.07. The van der Waals surface area contributed by atoms with Gasteiger partial charge >= 0.3 is 0 Å². The van der Waals surface area contributed by atoms with Crippen LogP contribution in [-0.4, -0.2) is 12.6 Å². The van der Waals surface area contributed by atoms with Crippen molar-refractivity contribution in [3.63, 3.8) is 0 Å². The van der Waals surface area contributed by atoms with Gasteiger partial charge in [-0.2, -0.15) is 0 Å². The fraction of sp³-hybridized carbons (Fsp3) is 1.00. The Morgan fingerprint density at radius 2 is 2.38 bits per heavy atom. The van der Waals surface area contributed by atoms with Crippen LogP contribution in [0.2, 0.25) is 0 Å². The van der Waals surface area contributed by atoms with E-state index in [1.165, 1.54) is 0 Å². The lowest BCUT2D eigenvalue weighted by Gasteiger charge is -1.92. The monoisotopic (exact) mass is 136 g/mol. The molecule has 48 valence electrons. The second-order valence-electron chi connectivity index (χ2n) is 1.29. The van der Waals surface area contributed by atoms with Crippen molar-refractivity contribution in [2.75, 3.05) is 6.54 Å². The first kappa shape index (κ1) is 10.5. The molecule has 0 saturated carbocycles. The largest absolute Gasteiger partial charge is 0.330 e. The Hall–Kier alpha value is -0.440. The Balaban J connectivity index is 0. The summed E-state index contributed by atoms with van der Waals surface area (Å²) in [5.41, 5.74) is 12.9. The molecule has 0 heterocycles. The van der Waals surface area contributed by atoms with Crippen molar-refractivity contribution < 1.29 is 0 Å². The number of hydrogen-bond donors (Lipinski definition) is 1. The molecule has 0 amide bonds. The summed E-state index contributed by atoms with van der Waals surface area (Å²) in [6.07, 6.45) is 0. The van der Waals surface area contributed by atoms with Crippen LogP contribution >= 0.6 is 12.4 Å². The summed E-state index contributed by atoms with van der Waals surface area (Å²) in [5, 5.41) is 3.30. The molecule has 2 N–H and O–H groups in total. The molecule has 0 aromatic heterocycles. The van der Waals surface area contributed by atoms with Gasteiger partial charge in [-0.3, -0.25) is 0 Å². The molecule has 0 spiro atoms. The summed E-state index contributed by atoms with van der Waals surface area (Å²) in [6, 6.07) is -0.0648. The highest BCUT2D eigenvalue weighted by molar-refractivity contribution is 5.85. The average Bonchev–Trinajstić information content (AvgIpc) is 1.68. The van der Waals surface area contributed by atoms with Crippen molar-refractivity contribution in [1.82, 2.24) is 0 Å². The van der Waals surface area contributed by atoms with Crippen LogP contribution in [0.3, 0.4) is 0 Å². The molecule has 0 aliphatic heterocycles. The topological polar surface area (TPSA) is 74.8 Å². The van der Waals surface area contributed by atoms with Crippen LogP contribution in [0.15, 0.2) is 5.11 Å². The highest BCUT2D eigenvalue weighted by Crippen LogP contribution is 1.82. The predicted molar refractivity (Wildman–Crippen MR) is 34.9 cm³/mol. The molecule has 0 aromatic rings. The molecule has 0 aliphatic rings. The maximum atomic E-state index is 7.77. The highest BCUT2D eigenvalue weighted by atomic mass is 35.5. The molecular formula is C3H9ClN4. The lowest BCUT2D eigenvalue weighted by Crippen LogP contribution is -2.12. The van der Waals surface area contributed by atoms with Gasteiger partial charge < -0.3 is 5.73 Å². The van der Waals surface area contributed by atoms with Crippen molar-refractivity contribution in [1.29, 1.82) is 0 Å². The first-order chi connectivity index (χ1) is 3.31. The van der Waals surface area contributed by atoms with E-state index in [1.54, 1.807) is 6.92 Å². The SMILES string of the molecule is C[C@H](CN)N=[N+]=[N-].Cl. The molecular weight excluding hydrogens is 128 g/mol. The first-order valence-electron chi connectivity index (χ1n) is 2.05. The van der Waals surface area contributed by atoms with Gasteiger partial charge in [0.2, 0.25) is 0 Å². The summed E-state index contributed by atoms with van der Waals surface area (Å²) < 4.78 is 0. The van der Waals surface area contributed by atoms with E-state index < -0.39 is 0 Å². The van der Waals surface area contributed by atoms with Crippen LogP contribution < -0.4 is 5.73 Å². The zero-order valence-electron chi connectivity index (χ0n) is 4.61. The molecule has 4 nitrogen and oxygen atoms in total. The van der Waals surface area contributed by atoms with Gasteiger partial charge in [-0.25, -0.2) is 0 Å². The Labute approximate surface area is 54.1 Å². The zero-order chi connectivity index (χ0) is 5.70. The van der Waals surface area contributed by atoms with Gasteiger partial charge in [0.05, 0.1) is 0 Å². The van der Waals surface area contributed by atoms with Crippen molar-refractivity contribution in [2.24, 2.45) is 10.8 Å². The molecule has 0 aliphatic carbocycles. The summed E-state index contributed by atoms with van der Waals surface area (Å²) in [7, 11) is 0. The molecule has 0 unspecified atom stereocenters. The van der Waals surface area contributed by atoms with E-state index in [0.717, 1.165) is 0 Å². The van der Waals surface area contributed by atoms with Crippen LogP contribution in [0.4, 0.5) is 0 Å². The Kier molecular flexibility index (Phi) is 8.63. The molecule has 1 atom stereocenters. The van der Waals surface area contributed by atoms with Gasteiger partial charge in [0.1, 0.15) is 0 Å². The van der Waals surface area contributed by atoms with Crippen LogP contribution in [-0.2, 0) is 0 Å². The van der Waals surface area contributed by atoms with Crippen molar-refractivity contribution in [2.45, 2.75) is 13.0 Å². The lowest BCUT2D eigenvalue weighted by molar-refractivity contribution is 0.745. The van der Waals surface area contributed by atoms with E-state index in [4.69, 9.17) is 11.3 Å². The van der Waals surface area contributed by atoms with E-state index >= 15 is 0 Å². The standard InChI is InChI=1S/C3H8N4.ClH/c1-3(2-4)6-7-5;/h3H,2,4H2,1H3;1H/t3-;/m1./s1. The number of hydrogen-bond acceptors (Lipinski definition) is 2. The fourth-order valence-corrected chi connectivity index (χ4v) is 0.135. The van der Waals surface area contributed by atoms with Gasteiger partial charge in [-0.05, 0) is 5.53 Å². The minimum Gasteiger partial charge on any atom is -0.330 e. The third-order valence-corrected chi connectivity index (χ3v) is 0.590. The van der Waals surface area contributed by atoms with Gasteiger partial charge in [0.25, 0.3) is 0 Å². The Morgan fingerprint density at radius 3 is 2.50 bits per heavy atom. The van der Waals surface area contributed by atoms with Crippen LogP contribution in [0.1, 0.15) is 6.92 Å². The first-order valence-corrected chi connectivity index (χ1v) is 2.05. The van der Waals surface area contributed by atoms with E-state index in [2.05, 4.69) is 10.0 Å². The zero-order valence-corrected chi connectivity index (χ0v) is 5.43. The molecule has 8 heavy (non-hydrogen) atoms. The van der Waals surface area contributed by atoms with Crippen LogP contribution in [0, 0.1) is 0 Å². The summed E-state index contributed by atoms with van der Waals surface area (Å²) >= 11 is 0. The number of rotatable bonds is 2. The van der Waals surface area contributed by atoms with Gasteiger partial charge in [0, 0.05) is 17.5 Å². The number of nitrogens with zero attached hydrogens (tertiary/aromatic N) is 3. The third-order valence-electron chi connectivity index (χ3n) is 0.590. The molecule has 0 bridgehead atoms. The maximum absolute atomic E-state index is 7.77. The third kappa shape index (κ3) is 5.56. The second-order valence-corrected chi connectivity index (χ2v) is 1.29. The summed E-state index contributed by atoms with van der Waals surface area (Å²) in [5.74, 6) is 0. The minimum absolute atomic E-state index is 0. The normalized spacial score (nSPS) is 10.8. The van der Waals surface area contributed by atoms with Crippen molar-refractivity contribution in [3.8, 4) is 0 Å². The van der Waals surface area contributed by atoms with E-state index in [0.29, 0.717) is 6.54 Å². The smallest absolute Gasteiger partial charge is 0.0468 e.